The third-order valence-corrected chi connectivity index (χ3v) is 4.51. The highest BCUT2D eigenvalue weighted by Crippen LogP contribution is 2.24. The molecule has 30 heavy (non-hydrogen) atoms. The number of carbonyl (C=O) groups excluding carboxylic acids is 2. The van der Waals surface area contributed by atoms with Crippen LogP contribution in [0.1, 0.15) is 33.2 Å². The zero-order valence-electron chi connectivity index (χ0n) is 16.4. The Kier molecular flexibility index (Phi) is 6.93. The molecule has 3 rings (SSSR count). The zero-order valence-corrected chi connectivity index (χ0v) is 17.1. The summed E-state index contributed by atoms with van der Waals surface area (Å²) in [6.07, 6.45) is 0. The summed E-state index contributed by atoms with van der Waals surface area (Å²) < 4.78 is 11.5. The molecule has 0 aliphatic carbocycles. The topological polar surface area (TPSA) is 90.6 Å². The fourth-order valence-electron chi connectivity index (χ4n) is 2.74. The van der Waals surface area contributed by atoms with Gasteiger partial charge in [0.05, 0.1) is 6.61 Å². The van der Waals surface area contributed by atoms with Crippen LogP contribution in [0.2, 0.25) is 5.02 Å². The summed E-state index contributed by atoms with van der Waals surface area (Å²) in [5, 5.41) is 3.42. The van der Waals surface area contributed by atoms with Crippen LogP contribution in [-0.2, 0) is 6.61 Å². The second-order valence-corrected chi connectivity index (χ2v) is 6.83. The standard InChI is InChI=1S/C23H21ClN2O4/c1-2-29-21-12-5-16(13-17(21)14-30-20-10-6-18(24)7-11-20)23(28)26-19-8-3-15(4-9-19)22(25)27/h3-13H,2,14H2,1H3,(H2,25,27)(H,26,28). The van der Waals surface area contributed by atoms with Crippen molar-refractivity contribution in [1.29, 1.82) is 0 Å². The molecule has 0 spiro atoms. The van der Waals surface area contributed by atoms with Crippen LogP contribution in [0.25, 0.3) is 0 Å². The van der Waals surface area contributed by atoms with E-state index in [1.165, 1.54) is 0 Å². The fraction of sp³-hybridized carbons (Fsp3) is 0.130. The Labute approximate surface area is 179 Å². The van der Waals surface area contributed by atoms with Gasteiger partial charge in [0.15, 0.2) is 0 Å². The van der Waals surface area contributed by atoms with E-state index in [1.807, 2.05) is 6.92 Å². The van der Waals surface area contributed by atoms with Gasteiger partial charge in [0.25, 0.3) is 5.91 Å². The summed E-state index contributed by atoms with van der Waals surface area (Å²) in [5.41, 5.74) is 7.35. The molecule has 0 fully saturated rings. The second-order valence-electron chi connectivity index (χ2n) is 6.39. The van der Waals surface area contributed by atoms with Gasteiger partial charge in [0, 0.05) is 27.4 Å². The van der Waals surface area contributed by atoms with Gasteiger partial charge in [-0.05, 0) is 73.7 Å². The lowest BCUT2D eigenvalue weighted by atomic mass is 10.1. The van der Waals surface area contributed by atoms with Crippen molar-refractivity contribution < 1.29 is 19.1 Å². The fourth-order valence-corrected chi connectivity index (χ4v) is 2.87. The van der Waals surface area contributed by atoms with Crippen molar-refractivity contribution in [3.63, 3.8) is 0 Å². The minimum absolute atomic E-state index is 0.228. The number of halogens is 1. The number of primary amides is 1. The Morgan fingerprint density at radius 2 is 1.60 bits per heavy atom. The van der Waals surface area contributed by atoms with Crippen molar-refractivity contribution in [3.05, 3.63) is 88.4 Å². The Morgan fingerprint density at radius 3 is 2.23 bits per heavy atom. The predicted molar refractivity (Wildman–Crippen MR) is 116 cm³/mol. The molecule has 0 saturated heterocycles. The third kappa shape index (κ3) is 5.52. The highest BCUT2D eigenvalue weighted by Gasteiger charge is 2.12. The van der Waals surface area contributed by atoms with Crippen molar-refractivity contribution in [2.75, 3.05) is 11.9 Å². The zero-order chi connectivity index (χ0) is 21.5. The molecule has 0 radical (unpaired) electrons. The van der Waals surface area contributed by atoms with Crippen LogP contribution in [0.3, 0.4) is 0 Å². The predicted octanol–water partition coefficient (Wildman–Crippen LogP) is 4.67. The van der Waals surface area contributed by atoms with Crippen molar-refractivity contribution in [2.45, 2.75) is 13.5 Å². The van der Waals surface area contributed by atoms with Crippen molar-refractivity contribution in [3.8, 4) is 11.5 Å². The first-order chi connectivity index (χ1) is 14.5. The van der Waals surface area contributed by atoms with E-state index in [4.69, 9.17) is 26.8 Å². The number of hydrogen-bond acceptors (Lipinski definition) is 4. The van der Waals surface area contributed by atoms with Gasteiger partial charge < -0.3 is 20.5 Å². The number of nitrogens with two attached hydrogens (primary N) is 1. The van der Waals surface area contributed by atoms with Gasteiger partial charge in [0.1, 0.15) is 18.1 Å². The summed E-state index contributed by atoms with van der Waals surface area (Å²) in [5.74, 6) is 0.488. The molecular formula is C23H21ClN2O4. The van der Waals surface area contributed by atoms with E-state index in [2.05, 4.69) is 5.32 Å². The molecule has 3 aromatic rings. The lowest BCUT2D eigenvalue weighted by Crippen LogP contribution is -2.14. The van der Waals surface area contributed by atoms with Crippen LogP contribution in [-0.4, -0.2) is 18.4 Å². The molecular weight excluding hydrogens is 404 g/mol. The van der Waals surface area contributed by atoms with Gasteiger partial charge in [-0.1, -0.05) is 11.6 Å². The lowest BCUT2D eigenvalue weighted by Gasteiger charge is -2.14. The van der Waals surface area contributed by atoms with E-state index >= 15 is 0 Å². The summed E-state index contributed by atoms with van der Waals surface area (Å²) >= 11 is 5.90. The van der Waals surface area contributed by atoms with Gasteiger partial charge in [-0.2, -0.15) is 0 Å². The van der Waals surface area contributed by atoms with Crippen LogP contribution in [0, 0.1) is 0 Å². The number of benzene rings is 3. The van der Waals surface area contributed by atoms with E-state index in [1.54, 1.807) is 66.7 Å². The summed E-state index contributed by atoms with van der Waals surface area (Å²) in [6, 6.07) is 18.6. The average Bonchev–Trinajstić information content (AvgIpc) is 2.74. The largest absolute Gasteiger partial charge is 0.493 e. The molecule has 6 nitrogen and oxygen atoms in total. The number of anilines is 1. The number of ether oxygens (including phenoxy) is 2. The minimum atomic E-state index is -0.523. The second kappa shape index (κ2) is 9.80. The van der Waals surface area contributed by atoms with Crippen LogP contribution >= 0.6 is 11.6 Å². The average molecular weight is 425 g/mol. The number of nitrogens with one attached hydrogen (secondary N) is 1. The van der Waals surface area contributed by atoms with Crippen LogP contribution in [0.4, 0.5) is 5.69 Å². The molecule has 0 aliphatic heterocycles. The monoisotopic (exact) mass is 424 g/mol. The van der Waals surface area contributed by atoms with Crippen molar-refractivity contribution in [1.82, 2.24) is 0 Å². The molecule has 0 unspecified atom stereocenters. The molecule has 154 valence electrons. The smallest absolute Gasteiger partial charge is 0.255 e. The number of hydrogen-bond donors (Lipinski definition) is 2. The quantitative estimate of drug-likeness (QED) is 0.549. The van der Waals surface area contributed by atoms with Crippen molar-refractivity contribution in [2.24, 2.45) is 5.73 Å². The lowest BCUT2D eigenvalue weighted by molar-refractivity contribution is 0.0998. The normalized spacial score (nSPS) is 10.3. The van der Waals surface area contributed by atoms with Gasteiger partial charge in [-0.3, -0.25) is 9.59 Å². The molecule has 0 atom stereocenters. The maximum absolute atomic E-state index is 12.7. The summed E-state index contributed by atoms with van der Waals surface area (Å²) in [7, 11) is 0. The molecule has 0 heterocycles. The van der Waals surface area contributed by atoms with Crippen molar-refractivity contribution >= 4 is 29.1 Å². The SMILES string of the molecule is CCOc1ccc(C(=O)Nc2ccc(C(N)=O)cc2)cc1COc1ccc(Cl)cc1. The Balaban J connectivity index is 1.75. The van der Waals surface area contributed by atoms with Gasteiger partial charge in [-0.25, -0.2) is 0 Å². The van der Waals surface area contributed by atoms with E-state index in [0.717, 1.165) is 5.56 Å². The Hall–Kier alpha value is -3.51. The molecule has 0 aliphatic rings. The van der Waals surface area contributed by atoms with Gasteiger partial charge in [-0.15, -0.1) is 0 Å². The Morgan fingerprint density at radius 1 is 0.933 bits per heavy atom. The number of amides is 2. The third-order valence-electron chi connectivity index (χ3n) is 4.26. The maximum Gasteiger partial charge on any atom is 0.255 e. The molecule has 2 amide bonds. The highest BCUT2D eigenvalue weighted by molar-refractivity contribution is 6.30. The van der Waals surface area contributed by atoms with Gasteiger partial charge in [0.2, 0.25) is 5.91 Å². The number of rotatable bonds is 8. The Bertz CT molecular complexity index is 1030. The molecule has 0 saturated carbocycles. The minimum Gasteiger partial charge on any atom is -0.493 e. The van der Waals surface area contributed by atoms with E-state index in [9.17, 15) is 9.59 Å². The maximum atomic E-state index is 12.7. The van der Waals surface area contributed by atoms with Crippen LogP contribution in [0.15, 0.2) is 66.7 Å². The first kappa shape index (κ1) is 21.2. The molecule has 3 aromatic carbocycles. The summed E-state index contributed by atoms with van der Waals surface area (Å²) in [4.78, 5) is 23.8. The van der Waals surface area contributed by atoms with Crippen LogP contribution < -0.4 is 20.5 Å². The van der Waals surface area contributed by atoms with E-state index < -0.39 is 5.91 Å². The van der Waals surface area contributed by atoms with E-state index in [-0.39, 0.29) is 12.5 Å². The first-order valence-electron chi connectivity index (χ1n) is 9.31. The molecule has 0 aromatic heterocycles. The highest BCUT2D eigenvalue weighted by atomic mass is 35.5. The van der Waals surface area contributed by atoms with E-state index in [0.29, 0.717) is 39.9 Å². The molecule has 7 heteroatoms. The van der Waals surface area contributed by atoms with Gasteiger partial charge >= 0.3 is 0 Å². The number of carbonyl (C=O) groups is 2. The first-order valence-corrected chi connectivity index (χ1v) is 9.69. The summed E-state index contributed by atoms with van der Waals surface area (Å²) in [6.45, 7) is 2.61. The molecule has 0 bridgehead atoms. The molecule has 3 N–H and O–H groups in total. The van der Waals surface area contributed by atoms with Crippen LogP contribution in [0.5, 0.6) is 11.5 Å².